The first-order valence-corrected chi connectivity index (χ1v) is 2.32. The van der Waals surface area contributed by atoms with Crippen molar-refractivity contribution in [3.63, 3.8) is 0 Å². The van der Waals surface area contributed by atoms with Gasteiger partial charge in [0.25, 0.3) is 0 Å². The van der Waals surface area contributed by atoms with E-state index >= 15 is 0 Å². The topological polar surface area (TPSA) is 72.3 Å². The summed E-state index contributed by atoms with van der Waals surface area (Å²) in [6, 6.07) is -0.264. The molecule has 0 aromatic carbocycles. The zero-order chi connectivity index (χ0) is 5.86. The molecule has 0 fully saturated rings. The molecule has 0 spiro atoms. The van der Waals surface area contributed by atoms with Crippen molar-refractivity contribution < 1.29 is 5.11 Å². The Labute approximate surface area is 129 Å². The summed E-state index contributed by atoms with van der Waals surface area (Å²) >= 11 is 0. The van der Waals surface area contributed by atoms with E-state index in [-0.39, 0.29) is 94.7 Å². The molecule has 2 unspecified atom stereocenters. The molecule has 0 saturated heterocycles. The molecule has 6 heteroatoms. The second-order valence-corrected chi connectivity index (χ2v) is 1.64. The Hall–Kier alpha value is 2.88. The van der Waals surface area contributed by atoms with Gasteiger partial charge in [0.15, 0.2) is 0 Å². The first-order valence-electron chi connectivity index (χ1n) is 2.32. The van der Waals surface area contributed by atoms with E-state index in [4.69, 9.17) is 16.6 Å². The van der Waals surface area contributed by atoms with Gasteiger partial charge in [-0.3, -0.25) is 0 Å². The van der Waals surface area contributed by atoms with Crippen LogP contribution in [0.2, 0.25) is 0 Å². The Balaban J connectivity index is -0.0000000600. The average Bonchev–Trinajstić information content (AvgIpc) is 1.65. The third-order valence-corrected chi connectivity index (χ3v) is 0.892. The van der Waals surface area contributed by atoms with Crippen LogP contribution in [0.4, 0.5) is 0 Å². The van der Waals surface area contributed by atoms with Crippen LogP contribution in [0.15, 0.2) is 0 Å². The summed E-state index contributed by atoms with van der Waals surface area (Å²) in [7, 11) is 0. The van der Waals surface area contributed by atoms with Gasteiger partial charge in [0.1, 0.15) is 0 Å². The van der Waals surface area contributed by atoms with E-state index in [0.717, 1.165) is 0 Å². The van der Waals surface area contributed by atoms with Crippen molar-refractivity contribution >= 4 is 88.7 Å². The van der Waals surface area contributed by atoms with Gasteiger partial charge in [-0.1, -0.05) is 0 Å². The number of aliphatic hydroxyl groups is 1. The molecule has 2 atom stereocenters. The zero-order valence-corrected chi connectivity index (χ0v) is 4.46. The molecular formula is C4H15N2Na3O. The van der Waals surface area contributed by atoms with Crippen LogP contribution in [-0.4, -0.2) is 112 Å². The van der Waals surface area contributed by atoms with Crippen LogP contribution < -0.4 is 11.5 Å². The van der Waals surface area contributed by atoms with Crippen molar-refractivity contribution in [1.82, 2.24) is 0 Å². The molecule has 0 aromatic rings. The molecule has 0 rings (SSSR count). The minimum absolute atomic E-state index is 0. The standard InChI is InChI=1S/C4H12N2O.3Na.3H/c1-3(7)4(6)2-5;;;;;;/h3-4,7H,2,5-6H2,1H3;;;;;;. The second-order valence-electron chi connectivity index (χ2n) is 1.64. The van der Waals surface area contributed by atoms with Crippen molar-refractivity contribution in [3.8, 4) is 0 Å². The third kappa shape index (κ3) is 13.5. The summed E-state index contributed by atoms with van der Waals surface area (Å²) in [6.07, 6.45) is -0.481. The molecule has 10 heavy (non-hydrogen) atoms. The maximum atomic E-state index is 8.62. The second kappa shape index (κ2) is 14.4. The fraction of sp³-hybridized carbons (Fsp3) is 1.00. The van der Waals surface area contributed by atoms with Crippen LogP contribution in [0, 0.1) is 0 Å². The molecular weight excluding hydrogens is 161 g/mol. The molecule has 0 bridgehead atoms. The van der Waals surface area contributed by atoms with Crippen LogP contribution >= 0.6 is 0 Å². The molecule has 0 aromatic heterocycles. The fourth-order valence-corrected chi connectivity index (χ4v) is 0.197. The molecule has 0 radical (unpaired) electrons. The predicted molar refractivity (Wildman–Crippen MR) is 50.2 cm³/mol. The molecule has 0 saturated carbocycles. The summed E-state index contributed by atoms with van der Waals surface area (Å²) in [6.45, 7) is 1.97. The number of nitrogens with two attached hydrogens (primary N) is 2. The third-order valence-electron chi connectivity index (χ3n) is 0.892. The summed E-state index contributed by atoms with van der Waals surface area (Å²) in [5.41, 5.74) is 10.3. The molecule has 3 nitrogen and oxygen atoms in total. The van der Waals surface area contributed by atoms with Crippen molar-refractivity contribution in [3.05, 3.63) is 0 Å². The quantitative estimate of drug-likeness (QED) is 0.386. The maximum absolute atomic E-state index is 8.62. The normalized spacial score (nSPS) is 13.2. The number of aliphatic hydroxyl groups excluding tert-OH is 1. The molecule has 0 heterocycles. The molecule has 0 aliphatic heterocycles. The Morgan fingerprint density at radius 2 is 1.60 bits per heavy atom. The van der Waals surface area contributed by atoms with Gasteiger partial charge in [-0.2, -0.15) is 0 Å². The van der Waals surface area contributed by atoms with E-state index in [1.807, 2.05) is 0 Å². The van der Waals surface area contributed by atoms with Crippen molar-refractivity contribution in [2.45, 2.75) is 19.1 Å². The predicted octanol–water partition coefficient (Wildman–Crippen LogP) is -3.29. The van der Waals surface area contributed by atoms with E-state index in [1.165, 1.54) is 0 Å². The SMILES string of the molecule is CC(O)C(N)CN.[NaH].[NaH].[NaH]. The Morgan fingerprint density at radius 1 is 1.30 bits per heavy atom. The van der Waals surface area contributed by atoms with Gasteiger partial charge < -0.3 is 16.6 Å². The summed E-state index contributed by atoms with van der Waals surface area (Å²) in [4.78, 5) is 0. The first kappa shape index (κ1) is 23.1. The van der Waals surface area contributed by atoms with Crippen LogP contribution in [0.1, 0.15) is 6.92 Å². The number of rotatable bonds is 2. The molecule has 50 valence electrons. The fourth-order valence-electron chi connectivity index (χ4n) is 0.197. The van der Waals surface area contributed by atoms with Crippen molar-refractivity contribution in [1.29, 1.82) is 0 Å². The van der Waals surface area contributed by atoms with Gasteiger partial charge in [-0.25, -0.2) is 0 Å². The molecule has 0 aliphatic rings. The van der Waals surface area contributed by atoms with Crippen LogP contribution in [0.25, 0.3) is 0 Å². The summed E-state index contributed by atoms with van der Waals surface area (Å²) in [5, 5.41) is 8.62. The van der Waals surface area contributed by atoms with E-state index in [9.17, 15) is 0 Å². The van der Waals surface area contributed by atoms with Crippen molar-refractivity contribution in [2.75, 3.05) is 6.54 Å². The van der Waals surface area contributed by atoms with Crippen LogP contribution in [0.3, 0.4) is 0 Å². The Kier molecular flexibility index (Phi) is 33.2. The molecule has 5 N–H and O–H groups in total. The minimum atomic E-state index is -0.481. The number of hydrogen-bond acceptors (Lipinski definition) is 3. The van der Waals surface area contributed by atoms with E-state index in [1.54, 1.807) is 6.92 Å². The van der Waals surface area contributed by atoms with E-state index in [2.05, 4.69) is 0 Å². The van der Waals surface area contributed by atoms with Gasteiger partial charge in [-0.15, -0.1) is 0 Å². The first-order chi connectivity index (χ1) is 3.18. The zero-order valence-electron chi connectivity index (χ0n) is 4.46. The van der Waals surface area contributed by atoms with E-state index < -0.39 is 6.10 Å². The number of hydrogen-bond donors (Lipinski definition) is 3. The average molecular weight is 176 g/mol. The van der Waals surface area contributed by atoms with Crippen molar-refractivity contribution in [2.24, 2.45) is 11.5 Å². The Bertz CT molecular complexity index is 55.8. The van der Waals surface area contributed by atoms with Gasteiger partial charge >= 0.3 is 88.7 Å². The summed E-state index contributed by atoms with van der Waals surface area (Å²) < 4.78 is 0. The van der Waals surface area contributed by atoms with Crippen LogP contribution in [-0.2, 0) is 0 Å². The Morgan fingerprint density at radius 3 is 1.60 bits per heavy atom. The van der Waals surface area contributed by atoms with Gasteiger partial charge in [0.05, 0.1) is 6.10 Å². The summed E-state index contributed by atoms with van der Waals surface area (Å²) in [5.74, 6) is 0. The van der Waals surface area contributed by atoms with Gasteiger partial charge in [0.2, 0.25) is 0 Å². The van der Waals surface area contributed by atoms with E-state index in [0.29, 0.717) is 6.54 Å². The molecule has 0 aliphatic carbocycles. The monoisotopic (exact) mass is 176 g/mol. The molecule has 0 amide bonds. The van der Waals surface area contributed by atoms with Crippen LogP contribution in [0.5, 0.6) is 0 Å². The van der Waals surface area contributed by atoms with Gasteiger partial charge in [-0.05, 0) is 6.92 Å². The van der Waals surface area contributed by atoms with Gasteiger partial charge in [0, 0.05) is 12.6 Å².